The number of aromatic nitrogens is 6. The minimum Gasteiger partial charge on any atom is -0.352 e. The molecule has 0 aliphatic carbocycles. The Morgan fingerprint density at radius 3 is 2.57 bits per heavy atom. The number of hydrogen-bond donors (Lipinski definition) is 1. The summed E-state index contributed by atoms with van der Waals surface area (Å²) in [5.41, 5.74) is 6.02. The molecule has 2 aromatic carbocycles. The smallest absolute Gasteiger partial charge is 0.222 e. The molecule has 4 aromatic rings. The Labute approximate surface area is 162 Å². The zero-order chi connectivity index (χ0) is 19.7. The lowest BCUT2D eigenvalue weighted by Gasteiger charge is -2.14. The van der Waals surface area contributed by atoms with Gasteiger partial charge in [0.05, 0.1) is 24.1 Å². The highest BCUT2D eigenvalue weighted by atomic mass is 16.1. The summed E-state index contributed by atoms with van der Waals surface area (Å²) in [6, 6.07) is 11.8. The summed E-state index contributed by atoms with van der Waals surface area (Å²) in [5, 5.41) is 19.7. The van der Waals surface area contributed by atoms with E-state index in [0.29, 0.717) is 19.5 Å². The molecule has 2 heterocycles. The van der Waals surface area contributed by atoms with Crippen molar-refractivity contribution in [1.29, 1.82) is 0 Å². The first kappa shape index (κ1) is 18.1. The average Bonchev–Trinajstić information content (AvgIpc) is 3.25. The zero-order valence-electron chi connectivity index (χ0n) is 16.3. The van der Waals surface area contributed by atoms with Crippen LogP contribution in [0.15, 0.2) is 36.4 Å². The third-order valence-electron chi connectivity index (χ3n) is 4.95. The van der Waals surface area contributed by atoms with Gasteiger partial charge in [0, 0.05) is 12.5 Å². The molecule has 8 heteroatoms. The first-order valence-corrected chi connectivity index (χ1v) is 9.39. The van der Waals surface area contributed by atoms with Gasteiger partial charge >= 0.3 is 0 Å². The van der Waals surface area contributed by atoms with E-state index >= 15 is 0 Å². The molecule has 144 valence electrons. The molecule has 0 aliphatic rings. The minimum absolute atomic E-state index is 0.0245. The normalized spacial score (nSPS) is 12.5. The number of nitrogens with zero attached hydrogens (tertiary/aromatic N) is 6. The molecule has 2 aromatic heterocycles. The van der Waals surface area contributed by atoms with Crippen molar-refractivity contribution in [2.75, 3.05) is 0 Å². The molecule has 0 spiro atoms. The molecule has 0 fully saturated rings. The summed E-state index contributed by atoms with van der Waals surface area (Å²) in [4.78, 5) is 12.4. The van der Waals surface area contributed by atoms with Crippen LogP contribution in [0.3, 0.4) is 0 Å². The summed E-state index contributed by atoms with van der Waals surface area (Å²) < 4.78 is 3.60. The van der Waals surface area contributed by atoms with Gasteiger partial charge in [-0.2, -0.15) is 0 Å². The van der Waals surface area contributed by atoms with Gasteiger partial charge in [0.2, 0.25) is 5.91 Å². The maximum atomic E-state index is 12.4. The second kappa shape index (κ2) is 7.38. The van der Waals surface area contributed by atoms with Crippen molar-refractivity contribution in [2.24, 2.45) is 0 Å². The number of rotatable bonds is 6. The zero-order valence-corrected chi connectivity index (χ0v) is 16.3. The third kappa shape index (κ3) is 3.58. The predicted molar refractivity (Wildman–Crippen MR) is 107 cm³/mol. The van der Waals surface area contributed by atoms with Crippen LogP contribution in [0, 0.1) is 13.8 Å². The number of carbonyl (C=O) groups is 1. The maximum absolute atomic E-state index is 12.4. The summed E-state index contributed by atoms with van der Waals surface area (Å²) in [5.74, 6) is -0.0245. The molecule has 0 aliphatic heterocycles. The summed E-state index contributed by atoms with van der Waals surface area (Å²) in [6.07, 6.45) is 0.341. The Hall–Kier alpha value is -3.29. The first-order valence-electron chi connectivity index (χ1n) is 9.39. The van der Waals surface area contributed by atoms with Crippen LogP contribution >= 0.6 is 0 Å². The van der Waals surface area contributed by atoms with Crippen LogP contribution in [0.1, 0.15) is 24.5 Å². The molecule has 0 radical (unpaired) electrons. The molecular formula is C20H23N7O. The molecule has 1 atom stereocenters. The lowest BCUT2D eigenvalue weighted by atomic mass is 10.1. The highest BCUT2D eigenvalue weighted by Crippen LogP contribution is 2.17. The van der Waals surface area contributed by atoms with Crippen LogP contribution in [0.2, 0.25) is 0 Å². The van der Waals surface area contributed by atoms with Crippen molar-refractivity contribution in [3.05, 3.63) is 47.5 Å². The number of fused-ring (bicyclic) bond motifs is 2. The number of aryl methyl sites for hydroxylation is 3. The average molecular weight is 377 g/mol. The van der Waals surface area contributed by atoms with E-state index in [1.54, 1.807) is 4.68 Å². The lowest BCUT2D eigenvalue weighted by Crippen LogP contribution is -2.36. The molecule has 0 saturated carbocycles. The molecule has 8 nitrogen and oxygen atoms in total. The van der Waals surface area contributed by atoms with Crippen molar-refractivity contribution in [3.8, 4) is 0 Å². The van der Waals surface area contributed by atoms with Gasteiger partial charge < -0.3 is 5.32 Å². The first-order chi connectivity index (χ1) is 13.5. The second-order valence-electron chi connectivity index (χ2n) is 7.22. The van der Waals surface area contributed by atoms with Crippen LogP contribution in [0.25, 0.3) is 22.1 Å². The van der Waals surface area contributed by atoms with Crippen LogP contribution < -0.4 is 5.32 Å². The van der Waals surface area contributed by atoms with Crippen LogP contribution in [-0.4, -0.2) is 41.9 Å². The fourth-order valence-electron chi connectivity index (χ4n) is 3.30. The van der Waals surface area contributed by atoms with Crippen molar-refractivity contribution in [3.63, 3.8) is 0 Å². The van der Waals surface area contributed by atoms with Gasteiger partial charge in [0.1, 0.15) is 11.0 Å². The Morgan fingerprint density at radius 1 is 1.00 bits per heavy atom. The Kier molecular flexibility index (Phi) is 4.77. The Bertz CT molecular complexity index is 1140. The van der Waals surface area contributed by atoms with Crippen molar-refractivity contribution < 1.29 is 4.79 Å². The lowest BCUT2D eigenvalue weighted by molar-refractivity contribution is -0.122. The second-order valence-corrected chi connectivity index (χ2v) is 7.22. The summed E-state index contributed by atoms with van der Waals surface area (Å²) in [6.45, 7) is 7.16. The van der Waals surface area contributed by atoms with Gasteiger partial charge in [-0.1, -0.05) is 22.6 Å². The molecule has 0 unspecified atom stereocenters. The van der Waals surface area contributed by atoms with Gasteiger partial charge in [0.15, 0.2) is 0 Å². The van der Waals surface area contributed by atoms with Crippen molar-refractivity contribution in [1.82, 2.24) is 35.3 Å². The summed E-state index contributed by atoms with van der Waals surface area (Å²) in [7, 11) is 0. The van der Waals surface area contributed by atoms with E-state index in [1.165, 1.54) is 11.1 Å². The maximum Gasteiger partial charge on any atom is 0.222 e. The van der Waals surface area contributed by atoms with E-state index in [2.05, 4.69) is 45.9 Å². The van der Waals surface area contributed by atoms with Gasteiger partial charge in [0.25, 0.3) is 0 Å². The van der Waals surface area contributed by atoms with Crippen LogP contribution in [0.5, 0.6) is 0 Å². The number of benzene rings is 2. The number of para-hydroxylation sites is 1. The van der Waals surface area contributed by atoms with E-state index in [9.17, 15) is 4.79 Å². The van der Waals surface area contributed by atoms with Crippen molar-refractivity contribution in [2.45, 2.75) is 46.3 Å². The fraction of sp³-hybridized carbons (Fsp3) is 0.350. The minimum atomic E-state index is -0.0634. The van der Waals surface area contributed by atoms with Crippen molar-refractivity contribution >= 4 is 28.0 Å². The molecule has 28 heavy (non-hydrogen) atoms. The number of nitrogens with one attached hydrogen (secondary N) is 1. The largest absolute Gasteiger partial charge is 0.352 e. The Morgan fingerprint density at radius 2 is 1.71 bits per heavy atom. The third-order valence-corrected chi connectivity index (χ3v) is 4.95. The SMILES string of the molecule is Cc1cc2nnn(C[C@@H](C)NC(=O)CCn3nnc4ccccc43)c2cc1C. The van der Waals surface area contributed by atoms with Gasteiger partial charge in [-0.05, 0) is 56.2 Å². The monoisotopic (exact) mass is 377 g/mol. The predicted octanol–water partition coefficient (Wildman–Crippen LogP) is 2.39. The number of hydrogen-bond acceptors (Lipinski definition) is 5. The molecule has 1 amide bonds. The number of amides is 1. The molecule has 4 rings (SSSR count). The molecule has 1 N–H and O–H groups in total. The highest BCUT2D eigenvalue weighted by molar-refractivity contribution is 5.78. The van der Waals surface area contributed by atoms with E-state index in [-0.39, 0.29) is 11.9 Å². The van der Waals surface area contributed by atoms with E-state index in [4.69, 9.17) is 0 Å². The highest BCUT2D eigenvalue weighted by Gasteiger charge is 2.13. The van der Waals surface area contributed by atoms with Crippen LogP contribution in [-0.2, 0) is 17.9 Å². The standard InChI is InChI=1S/C20H23N7O/c1-13-10-17-19(11-14(13)2)27(25-23-17)12-15(3)21-20(28)8-9-26-18-7-5-4-6-16(18)22-24-26/h4-7,10-11,15H,8-9,12H2,1-3H3,(H,21,28)/t15-/m1/s1. The molecule has 0 saturated heterocycles. The topological polar surface area (TPSA) is 90.5 Å². The number of carbonyl (C=O) groups excluding carboxylic acids is 1. The quantitative estimate of drug-likeness (QED) is 0.557. The Balaban J connectivity index is 1.36. The summed E-state index contributed by atoms with van der Waals surface area (Å²) >= 11 is 0. The van der Waals surface area contributed by atoms with Gasteiger partial charge in [-0.3, -0.25) is 4.79 Å². The van der Waals surface area contributed by atoms with E-state index < -0.39 is 0 Å². The van der Waals surface area contributed by atoms with Gasteiger partial charge in [-0.25, -0.2) is 9.36 Å². The fourth-order valence-corrected chi connectivity index (χ4v) is 3.30. The molecular weight excluding hydrogens is 354 g/mol. The van der Waals surface area contributed by atoms with E-state index in [0.717, 1.165) is 22.1 Å². The van der Waals surface area contributed by atoms with E-state index in [1.807, 2.05) is 41.9 Å². The van der Waals surface area contributed by atoms with Gasteiger partial charge in [-0.15, -0.1) is 10.2 Å². The molecule has 0 bridgehead atoms. The van der Waals surface area contributed by atoms with Crippen LogP contribution in [0.4, 0.5) is 0 Å².